The monoisotopic (exact) mass is 960 g/mol. The minimum absolute atomic E-state index is 0.623. The average molecular weight is 961 g/mol. The molecule has 0 amide bonds. The van der Waals surface area contributed by atoms with Crippen LogP contribution in [-0.4, -0.2) is 15.0 Å². The number of fused-ring (bicyclic) bond motifs is 3. The van der Waals surface area contributed by atoms with E-state index in [1.807, 2.05) is 66.7 Å². The van der Waals surface area contributed by atoms with Crippen molar-refractivity contribution in [1.29, 1.82) is 0 Å². The Morgan fingerprint density at radius 1 is 0.280 bits per heavy atom. The lowest BCUT2D eigenvalue weighted by atomic mass is 9.92. The molecule has 0 aliphatic heterocycles. The fourth-order valence-corrected chi connectivity index (χ4v) is 10.2. The Morgan fingerprint density at radius 3 is 1.27 bits per heavy atom. The van der Waals surface area contributed by atoms with Gasteiger partial charge in [0.1, 0.15) is 11.2 Å². The second kappa shape index (κ2) is 19.6. The molecule has 0 radical (unpaired) electrons. The molecule has 0 aliphatic carbocycles. The molecule has 11 aromatic carbocycles. The van der Waals surface area contributed by atoms with Crippen molar-refractivity contribution in [2.24, 2.45) is 0 Å². The highest BCUT2D eigenvalue weighted by molar-refractivity contribution is 6.11. The summed E-state index contributed by atoms with van der Waals surface area (Å²) in [7, 11) is 0. The molecule has 0 atom stereocenters. The highest BCUT2D eigenvalue weighted by Crippen LogP contribution is 2.43. The van der Waals surface area contributed by atoms with Gasteiger partial charge in [-0.25, -0.2) is 15.0 Å². The first-order valence-electron chi connectivity index (χ1n) is 25.3. The van der Waals surface area contributed by atoms with E-state index in [0.717, 1.165) is 111 Å². The van der Waals surface area contributed by atoms with Crippen LogP contribution >= 0.6 is 0 Å². The fraction of sp³-hybridized carbons (Fsp3) is 0.0143. The zero-order chi connectivity index (χ0) is 50.1. The van der Waals surface area contributed by atoms with Crippen molar-refractivity contribution in [2.45, 2.75) is 6.92 Å². The lowest BCUT2D eigenvalue weighted by Crippen LogP contribution is -2.10. The second-order valence-electron chi connectivity index (χ2n) is 18.9. The Labute approximate surface area is 436 Å². The number of anilines is 3. The lowest BCUT2D eigenvalue weighted by Gasteiger charge is -2.26. The summed E-state index contributed by atoms with van der Waals surface area (Å²) in [4.78, 5) is 17.3. The highest BCUT2D eigenvalue weighted by atomic mass is 16.3. The first-order valence-corrected chi connectivity index (χ1v) is 25.3. The summed E-state index contributed by atoms with van der Waals surface area (Å²) in [6, 6.07) is 96.2. The van der Waals surface area contributed by atoms with Crippen molar-refractivity contribution in [2.75, 3.05) is 4.90 Å². The molecule has 0 unspecified atom stereocenters. The minimum Gasteiger partial charge on any atom is -0.455 e. The number of hydrogen-bond acceptors (Lipinski definition) is 5. The average Bonchev–Trinajstić information content (AvgIpc) is 3.87. The Balaban J connectivity index is 0.860. The van der Waals surface area contributed by atoms with E-state index in [1.54, 1.807) is 0 Å². The topological polar surface area (TPSA) is 55.1 Å². The molecule has 2 aromatic heterocycles. The van der Waals surface area contributed by atoms with Crippen LogP contribution in [-0.2, 0) is 0 Å². The van der Waals surface area contributed by atoms with Crippen molar-refractivity contribution in [3.8, 4) is 89.8 Å². The van der Waals surface area contributed by atoms with Gasteiger partial charge in [0.05, 0.1) is 0 Å². The standard InChI is InChI=1S/C70H48N4O/c1-47-19-13-35-61(39-47)74(60-33-9-4-10-34-60)62-36-18-30-56(44-62)52-26-15-29-55(41-52)59-45-64(67-65(46-59)63-37-11-12-38-66(63)75-67)57-31-16-27-53(42-57)50-24-14-25-51(40-50)54-28-17-32-58(43-54)70-72-68(48-20-5-2-6-21-48)71-69(73-70)49-22-7-3-8-23-49/h2-46H,1H3. The number of aryl methyl sites for hydroxylation is 1. The highest BCUT2D eigenvalue weighted by Gasteiger charge is 2.19. The SMILES string of the molecule is Cc1cccc(N(c2ccccc2)c2cccc(-c3cccc(-c4cc(-c5cccc(-c6cccc(-c7cccc(-c8nc(-c9ccccc9)nc(-c9ccccc9)n8)c7)c6)c5)c5oc6ccccc6c5c4)c3)c2)c1. The smallest absolute Gasteiger partial charge is 0.164 e. The Morgan fingerprint density at radius 2 is 0.680 bits per heavy atom. The minimum atomic E-state index is 0.623. The van der Waals surface area contributed by atoms with Gasteiger partial charge in [-0.15, -0.1) is 0 Å². The molecule has 0 saturated heterocycles. The van der Waals surface area contributed by atoms with E-state index >= 15 is 0 Å². The van der Waals surface area contributed by atoms with E-state index < -0.39 is 0 Å². The number of rotatable bonds is 11. The van der Waals surface area contributed by atoms with Crippen LogP contribution in [0.4, 0.5) is 17.1 Å². The van der Waals surface area contributed by atoms with E-state index in [2.05, 4.69) is 218 Å². The van der Waals surface area contributed by atoms with Crippen molar-refractivity contribution in [1.82, 2.24) is 15.0 Å². The van der Waals surface area contributed by atoms with Crippen LogP contribution in [0.1, 0.15) is 5.56 Å². The third kappa shape index (κ3) is 9.05. The van der Waals surface area contributed by atoms with Crippen molar-refractivity contribution in [3.63, 3.8) is 0 Å². The zero-order valence-corrected chi connectivity index (χ0v) is 41.2. The maximum atomic E-state index is 6.75. The molecular formula is C70H48N4O. The van der Waals surface area contributed by atoms with Crippen molar-refractivity contribution < 1.29 is 4.42 Å². The summed E-state index contributed by atoms with van der Waals surface area (Å²) in [5, 5.41) is 2.17. The molecule has 0 fully saturated rings. The molecule has 5 nitrogen and oxygen atoms in total. The van der Waals surface area contributed by atoms with Crippen LogP contribution in [0.3, 0.4) is 0 Å². The molecule has 354 valence electrons. The summed E-state index contributed by atoms with van der Waals surface area (Å²) in [6.45, 7) is 2.14. The molecule has 0 N–H and O–H groups in total. The molecule has 0 spiro atoms. The van der Waals surface area contributed by atoms with Gasteiger partial charge in [-0.3, -0.25) is 0 Å². The fourth-order valence-electron chi connectivity index (χ4n) is 10.2. The summed E-state index contributed by atoms with van der Waals surface area (Å²) in [6.07, 6.45) is 0. The van der Waals surface area contributed by atoms with Gasteiger partial charge >= 0.3 is 0 Å². The maximum Gasteiger partial charge on any atom is 0.164 e. The lowest BCUT2D eigenvalue weighted by molar-refractivity contribution is 0.670. The first kappa shape index (κ1) is 44.9. The number of hydrogen-bond donors (Lipinski definition) is 0. The number of aromatic nitrogens is 3. The summed E-state index contributed by atoms with van der Waals surface area (Å²) in [5.41, 5.74) is 20.1. The van der Waals surface area contributed by atoms with Gasteiger partial charge in [0, 0.05) is 50.1 Å². The predicted octanol–water partition coefficient (Wildman–Crippen LogP) is 18.9. The molecule has 0 bridgehead atoms. The molecule has 0 aliphatic rings. The van der Waals surface area contributed by atoms with Gasteiger partial charge < -0.3 is 9.32 Å². The van der Waals surface area contributed by atoms with Crippen molar-refractivity contribution >= 4 is 39.0 Å². The maximum absolute atomic E-state index is 6.75. The molecular weight excluding hydrogens is 913 g/mol. The first-order chi connectivity index (χ1) is 37.0. The van der Waals surface area contributed by atoms with E-state index in [1.165, 1.54) is 5.56 Å². The Hall–Kier alpha value is -9.97. The van der Waals surface area contributed by atoms with Gasteiger partial charge in [0.15, 0.2) is 17.5 Å². The van der Waals surface area contributed by atoms with E-state index in [4.69, 9.17) is 19.4 Å². The van der Waals surface area contributed by atoms with E-state index in [9.17, 15) is 0 Å². The number of benzene rings is 11. The summed E-state index contributed by atoms with van der Waals surface area (Å²) >= 11 is 0. The van der Waals surface area contributed by atoms with Crippen LogP contribution < -0.4 is 4.90 Å². The molecule has 5 heteroatoms. The van der Waals surface area contributed by atoms with Gasteiger partial charge in [0.25, 0.3) is 0 Å². The van der Waals surface area contributed by atoms with Gasteiger partial charge in [-0.1, -0.05) is 194 Å². The van der Waals surface area contributed by atoms with E-state index in [0.29, 0.717) is 17.5 Å². The molecule has 13 rings (SSSR count). The number of nitrogens with zero attached hydrogens (tertiary/aromatic N) is 4. The summed E-state index contributed by atoms with van der Waals surface area (Å²) < 4.78 is 6.75. The van der Waals surface area contributed by atoms with Gasteiger partial charge in [-0.2, -0.15) is 0 Å². The number of furan rings is 1. The van der Waals surface area contributed by atoms with E-state index in [-0.39, 0.29) is 0 Å². The third-order valence-electron chi connectivity index (χ3n) is 13.9. The van der Waals surface area contributed by atoms with Gasteiger partial charge in [-0.05, 0) is 141 Å². The van der Waals surface area contributed by atoms with Crippen molar-refractivity contribution in [3.05, 3.63) is 279 Å². The normalized spacial score (nSPS) is 11.3. The largest absolute Gasteiger partial charge is 0.455 e. The number of para-hydroxylation sites is 2. The predicted molar refractivity (Wildman–Crippen MR) is 310 cm³/mol. The third-order valence-corrected chi connectivity index (χ3v) is 13.9. The van der Waals surface area contributed by atoms with Crippen LogP contribution in [0.15, 0.2) is 277 Å². The molecule has 0 saturated carbocycles. The molecule has 75 heavy (non-hydrogen) atoms. The second-order valence-corrected chi connectivity index (χ2v) is 18.9. The Kier molecular flexibility index (Phi) is 11.7. The Bertz CT molecular complexity index is 4150. The van der Waals surface area contributed by atoms with Crippen LogP contribution in [0.2, 0.25) is 0 Å². The van der Waals surface area contributed by atoms with Crippen LogP contribution in [0, 0.1) is 6.92 Å². The van der Waals surface area contributed by atoms with Crippen LogP contribution in [0.5, 0.6) is 0 Å². The zero-order valence-electron chi connectivity index (χ0n) is 41.2. The molecule has 2 heterocycles. The quantitative estimate of drug-likeness (QED) is 0.129. The summed E-state index contributed by atoms with van der Waals surface area (Å²) in [5.74, 6) is 1.90. The van der Waals surface area contributed by atoms with Gasteiger partial charge in [0.2, 0.25) is 0 Å². The van der Waals surface area contributed by atoms with Crippen LogP contribution in [0.25, 0.3) is 112 Å². The molecule has 13 aromatic rings.